The van der Waals surface area contributed by atoms with E-state index in [1.54, 1.807) is 7.11 Å². The number of methoxy groups -OCH3 is 1. The summed E-state index contributed by atoms with van der Waals surface area (Å²) < 4.78 is 5.17. The molecule has 0 saturated heterocycles. The number of aryl methyl sites for hydroxylation is 2. The van der Waals surface area contributed by atoms with Gasteiger partial charge in [0.15, 0.2) is 0 Å². The number of fused-ring (bicyclic) bond motifs is 1. The fraction of sp³-hybridized carbons (Fsp3) is 0.278. The summed E-state index contributed by atoms with van der Waals surface area (Å²) in [5, 5.41) is 12.9. The predicted molar refractivity (Wildman–Crippen MR) is 92.1 cm³/mol. The van der Waals surface area contributed by atoms with Crippen LogP contribution in [-0.4, -0.2) is 24.2 Å². The molecule has 1 aliphatic heterocycles. The number of aliphatic hydroxyl groups is 1. The molecule has 0 unspecified atom stereocenters. The third-order valence-electron chi connectivity index (χ3n) is 4.11. The lowest BCUT2D eigenvalue weighted by Gasteiger charge is -2.19. The van der Waals surface area contributed by atoms with E-state index in [1.165, 1.54) is 11.8 Å². The smallest absolute Gasteiger partial charge is 0.254 e. The Morgan fingerprint density at radius 1 is 1.13 bits per heavy atom. The van der Waals surface area contributed by atoms with Crippen LogP contribution in [0.3, 0.4) is 0 Å². The second-order valence-electron chi connectivity index (χ2n) is 5.68. The normalized spacial score (nSPS) is 20.4. The molecule has 4 nitrogen and oxygen atoms in total. The first-order valence-corrected chi connectivity index (χ1v) is 8.28. The predicted octanol–water partition coefficient (Wildman–Crippen LogP) is 3.46. The molecule has 0 fully saturated rings. The Morgan fingerprint density at radius 2 is 1.78 bits per heavy atom. The van der Waals surface area contributed by atoms with E-state index in [0.717, 1.165) is 33.0 Å². The fourth-order valence-electron chi connectivity index (χ4n) is 2.57. The maximum atomic E-state index is 12.3. The minimum Gasteiger partial charge on any atom is -0.497 e. The van der Waals surface area contributed by atoms with Crippen LogP contribution in [0.25, 0.3) is 0 Å². The quantitative estimate of drug-likeness (QED) is 0.886. The molecule has 3 rings (SSSR count). The number of aliphatic hydroxyl groups excluding tert-OH is 1. The first-order chi connectivity index (χ1) is 11.0. The summed E-state index contributed by atoms with van der Waals surface area (Å²) in [6.07, 6.45) is -1.11. The number of carbonyl (C=O) groups excluding carboxylic acids is 1. The van der Waals surface area contributed by atoms with Crippen LogP contribution in [0.5, 0.6) is 5.75 Å². The van der Waals surface area contributed by atoms with Gasteiger partial charge in [0.2, 0.25) is 0 Å². The average Bonchev–Trinajstić information content (AvgIpc) is 2.66. The van der Waals surface area contributed by atoms with Gasteiger partial charge in [0.25, 0.3) is 5.91 Å². The van der Waals surface area contributed by atoms with Crippen molar-refractivity contribution in [1.82, 2.24) is 0 Å². The van der Waals surface area contributed by atoms with Crippen LogP contribution in [0.15, 0.2) is 41.3 Å². The number of amides is 1. The average molecular weight is 329 g/mol. The summed E-state index contributed by atoms with van der Waals surface area (Å²) in [6.45, 7) is 4.05. The molecule has 5 heteroatoms. The molecule has 120 valence electrons. The number of thioether (sulfide) groups is 1. The standard InChI is InChI=1S/C18H19NO3S/c1-10-8-14-15(9-11(10)2)23-17(16(20)18(21)19-14)12-4-6-13(22-3)7-5-12/h4-9,16-17,20H,1-3H3,(H,19,21)/t16-,17+/m1/s1. The van der Waals surface area contributed by atoms with Crippen LogP contribution in [0.1, 0.15) is 21.9 Å². The summed E-state index contributed by atoms with van der Waals surface area (Å²) in [4.78, 5) is 13.3. The Labute approximate surface area is 139 Å². The molecule has 1 heterocycles. The molecule has 0 spiro atoms. The topological polar surface area (TPSA) is 58.6 Å². The molecule has 0 aliphatic carbocycles. The third kappa shape index (κ3) is 3.07. The summed E-state index contributed by atoms with van der Waals surface area (Å²) in [5.74, 6) is 0.374. The number of hydrogen-bond donors (Lipinski definition) is 2. The number of benzene rings is 2. The van der Waals surface area contributed by atoms with Gasteiger partial charge in [-0.05, 0) is 54.8 Å². The highest BCUT2D eigenvalue weighted by molar-refractivity contribution is 7.99. The Balaban J connectivity index is 2.01. The zero-order valence-electron chi connectivity index (χ0n) is 13.3. The largest absolute Gasteiger partial charge is 0.497 e. The van der Waals surface area contributed by atoms with Gasteiger partial charge in [0.05, 0.1) is 18.0 Å². The van der Waals surface area contributed by atoms with Crippen molar-refractivity contribution in [2.24, 2.45) is 0 Å². The zero-order chi connectivity index (χ0) is 16.6. The summed E-state index contributed by atoms with van der Waals surface area (Å²) in [5.41, 5.74) is 3.93. The van der Waals surface area contributed by atoms with E-state index in [-0.39, 0.29) is 11.2 Å². The second kappa shape index (κ2) is 6.26. The lowest BCUT2D eigenvalue weighted by atomic mass is 10.1. The van der Waals surface area contributed by atoms with Gasteiger partial charge in [0.1, 0.15) is 11.9 Å². The fourth-order valence-corrected chi connectivity index (χ4v) is 3.88. The zero-order valence-corrected chi connectivity index (χ0v) is 14.1. The van der Waals surface area contributed by atoms with E-state index < -0.39 is 6.10 Å². The van der Waals surface area contributed by atoms with Crippen molar-refractivity contribution >= 4 is 23.4 Å². The van der Waals surface area contributed by atoms with Crippen LogP contribution >= 0.6 is 11.8 Å². The van der Waals surface area contributed by atoms with Gasteiger partial charge in [-0.25, -0.2) is 0 Å². The van der Waals surface area contributed by atoms with Gasteiger partial charge in [-0.2, -0.15) is 0 Å². The minimum atomic E-state index is -1.11. The number of anilines is 1. The van der Waals surface area contributed by atoms with E-state index in [2.05, 4.69) is 11.4 Å². The molecule has 23 heavy (non-hydrogen) atoms. The Bertz CT molecular complexity index is 743. The van der Waals surface area contributed by atoms with E-state index in [0.29, 0.717) is 0 Å². The number of ether oxygens (including phenoxy) is 1. The van der Waals surface area contributed by atoms with Crippen LogP contribution in [-0.2, 0) is 4.79 Å². The summed E-state index contributed by atoms with van der Waals surface area (Å²) in [6, 6.07) is 11.5. The summed E-state index contributed by atoms with van der Waals surface area (Å²) in [7, 11) is 1.61. The molecule has 1 aliphatic rings. The van der Waals surface area contributed by atoms with Gasteiger partial charge in [-0.3, -0.25) is 4.79 Å². The minimum absolute atomic E-state index is 0.357. The number of carbonyl (C=O) groups is 1. The van der Waals surface area contributed by atoms with Crippen LogP contribution in [0, 0.1) is 13.8 Å². The summed E-state index contributed by atoms with van der Waals surface area (Å²) >= 11 is 1.50. The van der Waals surface area contributed by atoms with Crippen molar-refractivity contribution in [1.29, 1.82) is 0 Å². The molecule has 2 aromatic rings. The SMILES string of the molecule is COc1ccc([C@@H]2Sc3cc(C)c(C)cc3NC(=O)[C@@H]2O)cc1. The molecule has 0 aromatic heterocycles. The molecule has 0 bridgehead atoms. The van der Waals surface area contributed by atoms with Crippen molar-refractivity contribution in [2.75, 3.05) is 12.4 Å². The molecule has 2 N–H and O–H groups in total. The lowest BCUT2D eigenvalue weighted by molar-refractivity contribution is -0.124. The maximum absolute atomic E-state index is 12.3. The van der Waals surface area contributed by atoms with Gasteiger partial charge in [-0.1, -0.05) is 12.1 Å². The van der Waals surface area contributed by atoms with Crippen LogP contribution in [0.4, 0.5) is 5.69 Å². The van der Waals surface area contributed by atoms with E-state index in [1.807, 2.05) is 44.2 Å². The Hall–Kier alpha value is -1.98. The number of rotatable bonds is 2. The molecule has 2 atom stereocenters. The maximum Gasteiger partial charge on any atom is 0.254 e. The molecule has 2 aromatic carbocycles. The monoisotopic (exact) mass is 329 g/mol. The molecular weight excluding hydrogens is 310 g/mol. The van der Waals surface area contributed by atoms with Gasteiger partial charge < -0.3 is 15.2 Å². The Morgan fingerprint density at radius 3 is 2.43 bits per heavy atom. The first-order valence-electron chi connectivity index (χ1n) is 7.40. The van der Waals surface area contributed by atoms with Crippen molar-refractivity contribution in [3.8, 4) is 5.75 Å². The van der Waals surface area contributed by atoms with Gasteiger partial charge in [-0.15, -0.1) is 11.8 Å². The van der Waals surface area contributed by atoms with Crippen molar-refractivity contribution < 1.29 is 14.6 Å². The van der Waals surface area contributed by atoms with E-state index in [9.17, 15) is 9.90 Å². The number of hydrogen-bond acceptors (Lipinski definition) is 4. The van der Waals surface area contributed by atoms with Crippen LogP contribution in [0.2, 0.25) is 0 Å². The first kappa shape index (κ1) is 15.9. The second-order valence-corrected chi connectivity index (χ2v) is 6.86. The highest BCUT2D eigenvalue weighted by Gasteiger charge is 2.33. The molecular formula is C18H19NO3S. The number of nitrogens with one attached hydrogen (secondary N) is 1. The highest BCUT2D eigenvalue weighted by atomic mass is 32.2. The van der Waals surface area contributed by atoms with Crippen LogP contribution < -0.4 is 10.1 Å². The lowest BCUT2D eigenvalue weighted by Crippen LogP contribution is -2.30. The van der Waals surface area contributed by atoms with E-state index >= 15 is 0 Å². The van der Waals surface area contributed by atoms with E-state index in [4.69, 9.17) is 4.74 Å². The Kier molecular flexibility index (Phi) is 4.33. The molecule has 0 radical (unpaired) electrons. The molecule has 0 saturated carbocycles. The van der Waals surface area contributed by atoms with Crippen molar-refractivity contribution in [3.63, 3.8) is 0 Å². The van der Waals surface area contributed by atoms with Gasteiger partial charge >= 0.3 is 0 Å². The van der Waals surface area contributed by atoms with Crippen molar-refractivity contribution in [2.45, 2.75) is 30.1 Å². The molecule has 1 amide bonds. The van der Waals surface area contributed by atoms with Crippen molar-refractivity contribution in [3.05, 3.63) is 53.1 Å². The van der Waals surface area contributed by atoms with Gasteiger partial charge in [0, 0.05) is 4.90 Å². The third-order valence-corrected chi connectivity index (χ3v) is 5.48. The highest BCUT2D eigenvalue weighted by Crippen LogP contribution is 2.44.